The van der Waals surface area contributed by atoms with Gasteiger partial charge in [0, 0.05) is 31.2 Å². The first-order chi connectivity index (χ1) is 8.95. The summed E-state index contributed by atoms with van der Waals surface area (Å²) in [7, 11) is 0. The average molecular weight is 266 g/mol. The number of hydrogen-bond donors (Lipinski definition) is 1. The van der Waals surface area contributed by atoms with Crippen LogP contribution in [0.1, 0.15) is 39.3 Å². The lowest BCUT2D eigenvalue weighted by molar-refractivity contribution is 0.157. The van der Waals surface area contributed by atoms with Crippen LogP contribution >= 0.6 is 0 Å². The molecule has 2 N–H and O–H groups in total. The fraction of sp³-hybridized carbons (Fsp3) is 0.625. The van der Waals surface area contributed by atoms with Gasteiger partial charge in [0.2, 0.25) is 0 Å². The third-order valence-corrected chi connectivity index (χ3v) is 3.13. The van der Waals surface area contributed by atoms with Gasteiger partial charge in [-0.3, -0.25) is 4.90 Å². The molecule has 3 heteroatoms. The van der Waals surface area contributed by atoms with Crippen LogP contribution < -0.4 is 5.73 Å². The van der Waals surface area contributed by atoms with Gasteiger partial charge in [0.15, 0.2) is 0 Å². The zero-order chi connectivity index (χ0) is 14.4. The average Bonchev–Trinajstić information content (AvgIpc) is 2.30. The summed E-state index contributed by atoms with van der Waals surface area (Å²) in [5, 5.41) is 0. The van der Waals surface area contributed by atoms with Gasteiger partial charge in [-0.2, -0.15) is 0 Å². The number of nitrogens with zero attached hydrogens (tertiary/aromatic N) is 1. The maximum atomic E-state index is 14.0. The van der Waals surface area contributed by atoms with Crippen LogP contribution in [0.4, 0.5) is 4.39 Å². The fourth-order valence-corrected chi connectivity index (χ4v) is 2.49. The molecule has 19 heavy (non-hydrogen) atoms. The molecule has 0 saturated heterocycles. The summed E-state index contributed by atoms with van der Waals surface area (Å²) in [6, 6.07) is 6.93. The second kappa shape index (κ2) is 7.61. The van der Waals surface area contributed by atoms with Gasteiger partial charge in [-0.1, -0.05) is 45.9 Å². The second-order valence-electron chi connectivity index (χ2n) is 6.01. The van der Waals surface area contributed by atoms with Gasteiger partial charge in [-0.15, -0.1) is 0 Å². The van der Waals surface area contributed by atoms with Gasteiger partial charge in [-0.25, -0.2) is 4.39 Å². The second-order valence-corrected chi connectivity index (χ2v) is 6.01. The number of nitrogens with two attached hydrogens (primary N) is 1. The van der Waals surface area contributed by atoms with E-state index in [0.29, 0.717) is 23.9 Å². The van der Waals surface area contributed by atoms with Crippen LogP contribution in [0, 0.1) is 17.7 Å². The first-order valence-corrected chi connectivity index (χ1v) is 7.14. The smallest absolute Gasteiger partial charge is 0.128 e. The molecule has 0 radical (unpaired) electrons. The molecule has 108 valence electrons. The van der Waals surface area contributed by atoms with Crippen molar-refractivity contribution in [1.82, 2.24) is 4.90 Å². The minimum Gasteiger partial charge on any atom is -0.329 e. The van der Waals surface area contributed by atoms with E-state index in [1.165, 1.54) is 6.07 Å². The molecule has 0 aliphatic rings. The van der Waals surface area contributed by atoms with Crippen molar-refractivity contribution in [3.05, 3.63) is 35.6 Å². The molecule has 0 fully saturated rings. The van der Waals surface area contributed by atoms with E-state index in [1.54, 1.807) is 6.07 Å². The molecule has 0 spiro atoms. The summed E-state index contributed by atoms with van der Waals surface area (Å²) in [6.07, 6.45) is 0. The lowest BCUT2D eigenvalue weighted by Gasteiger charge is -2.34. The van der Waals surface area contributed by atoms with Crippen molar-refractivity contribution in [2.45, 2.75) is 33.7 Å². The summed E-state index contributed by atoms with van der Waals surface area (Å²) in [6.45, 7) is 11.1. The maximum absolute atomic E-state index is 14.0. The molecule has 2 nitrogen and oxygen atoms in total. The minimum atomic E-state index is -0.157. The Hall–Kier alpha value is -0.930. The standard InChI is InChI=1S/C16H27FN2/c1-12(2)10-19(11-13(3)4)16(9-18)14-7-5-6-8-15(14)17/h5-8,12-13,16H,9-11,18H2,1-4H3. The Balaban J connectivity index is 2.98. The Morgan fingerprint density at radius 3 is 2.00 bits per heavy atom. The molecule has 1 rings (SSSR count). The molecular weight excluding hydrogens is 239 g/mol. The van der Waals surface area contributed by atoms with Crippen LogP contribution in [0.25, 0.3) is 0 Å². The lowest BCUT2D eigenvalue weighted by Crippen LogP contribution is -2.39. The van der Waals surface area contributed by atoms with Crippen LogP contribution in [0.2, 0.25) is 0 Å². The lowest BCUT2D eigenvalue weighted by atomic mass is 10.0. The first kappa shape index (κ1) is 16.1. The highest BCUT2D eigenvalue weighted by Gasteiger charge is 2.23. The fourth-order valence-electron chi connectivity index (χ4n) is 2.49. The molecule has 0 aliphatic carbocycles. The van der Waals surface area contributed by atoms with Crippen LogP contribution in [0.3, 0.4) is 0 Å². The Labute approximate surface area is 116 Å². The molecule has 0 amide bonds. The van der Waals surface area contributed by atoms with E-state index >= 15 is 0 Å². The predicted molar refractivity (Wildman–Crippen MR) is 79.4 cm³/mol. The van der Waals surface area contributed by atoms with Crippen molar-refractivity contribution < 1.29 is 4.39 Å². The monoisotopic (exact) mass is 266 g/mol. The quantitative estimate of drug-likeness (QED) is 0.819. The van der Waals surface area contributed by atoms with E-state index in [2.05, 4.69) is 32.6 Å². The molecule has 0 aliphatic heterocycles. The molecule has 1 aromatic carbocycles. The van der Waals surface area contributed by atoms with E-state index in [4.69, 9.17) is 5.73 Å². The van der Waals surface area contributed by atoms with Crippen LogP contribution in [-0.2, 0) is 0 Å². The summed E-state index contributed by atoms with van der Waals surface area (Å²) in [4.78, 5) is 2.31. The highest BCUT2D eigenvalue weighted by atomic mass is 19.1. The van der Waals surface area contributed by atoms with Gasteiger partial charge in [0.1, 0.15) is 5.82 Å². The van der Waals surface area contributed by atoms with E-state index in [-0.39, 0.29) is 11.9 Å². The van der Waals surface area contributed by atoms with Gasteiger partial charge >= 0.3 is 0 Å². The summed E-state index contributed by atoms with van der Waals surface area (Å²) in [5.74, 6) is 0.926. The first-order valence-electron chi connectivity index (χ1n) is 7.14. The molecule has 1 atom stereocenters. The van der Waals surface area contributed by atoms with Crippen LogP contribution in [0.15, 0.2) is 24.3 Å². The molecule has 0 bridgehead atoms. The third kappa shape index (κ3) is 4.92. The molecule has 0 aromatic heterocycles. The van der Waals surface area contributed by atoms with E-state index in [0.717, 1.165) is 13.1 Å². The molecule has 1 unspecified atom stereocenters. The highest BCUT2D eigenvalue weighted by molar-refractivity contribution is 5.21. The largest absolute Gasteiger partial charge is 0.329 e. The van der Waals surface area contributed by atoms with E-state index in [9.17, 15) is 4.39 Å². The molecule has 0 saturated carbocycles. The summed E-state index contributed by atoms with van der Waals surface area (Å²) >= 11 is 0. The Bertz CT molecular complexity index is 367. The van der Waals surface area contributed by atoms with E-state index in [1.807, 2.05) is 12.1 Å². The van der Waals surface area contributed by atoms with Crippen LogP contribution in [-0.4, -0.2) is 24.5 Å². The number of hydrogen-bond acceptors (Lipinski definition) is 2. The number of benzene rings is 1. The summed E-state index contributed by atoms with van der Waals surface area (Å²) < 4.78 is 14.0. The van der Waals surface area contributed by atoms with E-state index < -0.39 is 0 Å². The Morgan fingerprint density at radius 1 is 1.05 bits per heavy atom. The van der Waals surface area contributed by atoms with Crippen molar-refractivity contribution in [2.75, 3.05) is 19.6 Å². The zero-order valence-electron chi connectivity index (χ0n) is 12.6. The van der Waals surface area contributed by atoms with Gasteiger partial charge in [0.25, 0.3) is 0 Å². The Kier molecular flexibility index (Phi) is 6.46. The van der Waals surface area contributed by atoms with Gasteiger partial charge < -0.3 is 5.73 Å². The van der Waals surface area contributed by atoms with Crippen molar-refractivity contribution in [1.29, 1.82) is 0 Å². The summed E-state index contributed by atoms with van der Waals surface area (Å²) in [5.41, 5.74) is 6.63. The highest BCUT2D eigenvalue weighted by Crippen LogP contribution is 2.24. The van der Waals surface area contributed by atoms with Gasteiger partial charge in [-0.05, 0) is 17.9 Å². The minimum absolute atomic E-state index is 0.0361. The molecule has 0 heterocycles. The van der Waals surface area contributed by atoms with Crippen molar-refractivity contribution in [3.63, 3.8) is 0 Å². The maximum Gasteiger partial charge on any atom is 0.128 e. The van der Waals surface area contributed by atoms with Crippen molar-refractivity contribution in [3.8, 4) is 0 Å². The molecular formula is C16H27FN2. The molecule has 1 aromatic rings. The predicted octanol–water partition coefficient (Wildman–Crippen LogP) is 3.44. The van der Waals surface area contributed by atoms with Crippen LogP contribution in [0.5, 0.6) is 0 Å². The Morgan fingerprint density at radius 2 is 1.58 bits per heavy atom. The van der Waals surface area contributed by atoms with Crippen molar-refractivity contribution in [2.24, 2.45) is 17.6 Å². The number of rotatable bonds is 7. The van der Waals surface area contributed by atoms with Gasteiger partial charge in [0.05, 0.1) is 0 Å². The van der Waals surface area contributed by atoms with Crippen molar-refractivity contribution >= 4 is 0 Å². The zero-order valence-corrected chi connectivity index (χ0v) is 12.6. The SMILES string of the molecule is CC(C)CN(CC(C)C)C(CN)c1ccccc1F. The number of halogens is 1. The topological polar surface area (TPSA) is 29.3 Å². The third-order valence-electron chi connectivity index (χ3n) is 3.13. The normalized spacial score (nSPS) is 13.5.